The summed E-state index contributed by atoms with van der Waals surface area (Å²) in [6.07, 6.45) is 2.81. The van der Waals surface area contributed by atoms with Crippen LogP contribution in [0.3, 0.4) is 0 Å². The predicted molar refractivity (Wildman–Crippen MR) is 72.9 cm³/mol. The third-order valence-corrected chi connectivity index (χ3v) is 3.80. The molecule has 0 aliphatic carbocycles. The second-order valence-corrected chi connectivity index (χ2v) is 5.54. The van der Waals surface area contributed by atoms with Crippen LogP contribution >= 0.6 is 22.9 Å². The van der Waals surface area contributed by atoms with Gasteiger partial charge in [0.2, 0.25) is 0 Å². The van der Waals surface area contributed by atoms with Gasteiger partial charge in [0.15, 0.2) is 0 Å². The van der Waals surface area contributed by atoms with Crippen molar-refractivity contribution in [2.75, 3.05) is 5.88 Å². The molecule has 1 heterocycles. The molecule has 0 amide bonds. The fourth-order valence-corrected chi connectivity index (χ4v) is 2.71. The number of halogens is 1. The summed E-state index contributed by atoms with van der Waals surface area (Å²) >= 11 is 7.35. The smallest absolute Gasteiger partial charge is 0.118 e. The lowest BCUT2D eigenvalue weighted by atomic mass is 10.1. The van der Waals surface area contributed by atoms with Crippen LogP contribution in [0.4, 0.5) is 0 Å². The number of rotatable bonds is 5. The van der Waals surface area contributed by atoms with Gasteiger partial charge in [-0.1, -0.05) is 29.8 Å². The zero-order chi connectivity index (χ0) is 12.1. The first kappa shape index (κ1) is 12.5. The molecule has 2 aromatic rings. The summed E-state index contributed by atoms with van der Waals surface area (Å²) in [5.74, 6) is 0.618. The lowest BCUT2D eigenvalue weighted by Crippen LogP contribution is -1.90. The van der Waals surface area contributed by atoms with Gasteiger partial charge in [0.25, 0.3) is 0 Å². The van der Waals surface area contributed by atoms with Crippen LogP contribution in [-0.4, -0.2) is 16.1 Å². The normalized spacial score (nSPS) is 10.7. The summed E-state index contributed by atoms with van der Waals surface area (Å²) in [6.45, 7) is 2.10. The number of aryl methyl sites for hydroxylation is 4. The third kappa shape index (κ3) is 3.79. The number of benzene rings is 1. The molecule has 0 fully saturated rings. The first-order chi connectivity index (χ1) is 8.28. The Balaban J connectivity index is 1.90. The summed E-state index contributed by atoms with van der Waals surface area (Å²) in [5, 5.41) is 10.4. The highest BCUT2D eigenvalue weighted by atomic mass is 35.5. The van der Waals surface area contributed by atoms with Crippen LogP contribution < -0.4 is 0 Å². The maximum absolute atomic E-state index is 5.67. The average molecular weight is 267 g/mol. The first-order valence-electron chi connectivity index (χ1n) is 5.70. The number of hydrogen-bond donors (Lipinski definition) is 0. The summed E-state index contributed by atoms with van der Waals surface area (Å²) in [5.41, 5.74) is 2.65. The minimum Gasteiger partial charge on any atom is -0.144 e. The third-order valence-electron chi connectivity index (χ3n) is 2.57. The Bertz CT molecular complexity index is 465. The Morgan fingerprint density at radius 1 is 1.00 bits per heavy atom. The van der Waals surface area contributed by atoms with E-state index in [2.05, 4.69) is 41.4 Å². The minimum absolute atomic E-state index is 0.618. The van der Waals surface area contributed by atoms with Crippen LogP contribution in [0.2, 0.25) is 0 Å². The van der Waals surface area contributed by atoms with Crippen molar-refractivity contribution in [3.63, 3.8) is 0 Å². The van der Waals surface area contributed by atoms with E-state index >= 15 is 0 Å². The Hall–Kier alpha value is -0.930. The molecule has 2 nitrogen and oxygen atoms in total. The maximum atomic E-state index is 5.67. The van der Waals surface area contributed by atoms with E-state index in [1.807, 2.05) is 0 Å². The molecular weight excluding hydrogens is 252 g/mol. The Kier molecular flexibility index (Phi) is 4.51. The summed E-state index contributed by atoms with van der Waals surface area (Å²) in [7, 11) is 0. The van der Waals surface area contributed by atoms with Crippen LogP contribution in [0.25, 0.3) is 0 Å². The standard InChI is InChI=1S/C13H15ClN2S/c1-10-2-4-11(5-3-10)6-7-12-15-16-13(17-12)8-9-14/h2-5H,6-9H2,1H3. The van der Waals surface area contributed by atoms with Gasteiger partial charge in [-0.25, -0.2) is 0 Å². The molecule has 2 rings (SSSR count). The van der Waals surface area contributed by atoms with Gasteiger partial charge in [-0.3, -0.25) is 0 Å². The van der Waals surface area contributed by atoms with Crippen molar-refractivity contribution in [1.82, 2.24) is 10.2 Å². The Labute approximate surface area is 111 Å². The van der Waals surface area contributed by atoms with E-state index in [9.17, 15) is 0 Å². The van der Waals surface area contributed by atoms with Gasteiger partial charge in [0, 0.05) is 18.7 Å². The average Bonchev–Trinajstić information content (AvgIpc) is 2.77. The van der Waals surface area contributed by atoms with Gasteiger partial charge in [-0.05, 0) is 18.9 Å². The summed E-state index contributed by atoms with van der Waals surface area (Å²) < 4.78 is 0. The van der Waals surface area contributed by atoms with E-state index in [4.69, 9.17) is 11.6 Å². The largest absolute Gasteiger partial charge is 0.144 e. The molecule has 0 aliphatic heterocycles. The number of alkyl halides is 1. The fourth-order valence-electron chi connectivity index (χ4n) is 1.58. The highest BCUT2D eigenvalue weighted by Gasteiger charge is 2.03. The van der Waals surface area contributed by atoms with Crippen molar-refractivity contribution >= 4 is 22.9 Å². The van der Waals surface area contributed by atoms with E-state index in [0.717, 1.165) is 29.3 Å². The SMILES string of the molecule is Cc1ccc(CCc2nnc(CCCl)s2)cc1. The quantitative estimate of drug-likeness (QED) is 0.775. The van der Waals surface area contributed by atoms with E-state index in [1.165, 1.54) is 11.1 Å². The molecule has 90 valence electrons. The Morgan fingerprint density at radius 2 is 1.65 bits per heavy atom. The summed E-state index contributed by atoms with van der Waals surface area (Å²) in [6, 6.07) is 8.65. The number of nitrogens with zero attached hydrogens (tertiary/aromatic N) is 2. The molecule has 4 heteroatoms. The molecule has 0 bridgehead atoms. The topological polar surface area (TPSA) is 25.8 Å². The van der Waals surface area contributed by atoms with Crippen LogP contribution in [0, 0.1) is 6.92 Å². The van der Waals surface area contributed by atoms with Crippen molar-refractivity contribution < 1.29 is 0 Å². The van der Waals surface area contributed by atoms with Crippen molar-refractivity contribution in [1.29, 1.82) is 0 Å². The Morgan fingerprint density at radius 3 is 2.29 bits per heavy atom. The van der Waals surface area contributed by atoms with Crippen molar-refractivity contribution in [3.8, 4) is 0 Å². The monoisotopic (exact) mass is 266 g/mol. The zero-order valence-corrected chi connectivity index (χ0v) is 11.4. The second-order valence-electron chi connectivity index (χ2n) is 4.01. The molecule has 1 aromatic carbocycles. The maximum Gasteiger partial charge on any atom is 0.118 e. The van der Waals surface area contributed by atoms with Gasteiger partial charge in [0.05, 0.1) is 0 Å². The molecule has 0 N–H and O–H groups in total. The van der Waals surface area contributed by atoms with Crippen molar-refractivity contribution in [2.24, 2.45) is 0 Å². The van der Waals surface area contributed by atoms with Crippen molar-refractivity contribution in [2.45, 2.75) is 26.2 Å². The van der Waals surface area contributed by atoms with E-state index < -0.39 is 0 Å². The van der Waals surface area contributed by atoms with E-state index in [-0.39, 0.29) is 0 Å². The first-order valence-corrected chi connectivity index (χ1v) is 7.06. The number of aromatic nitrogens is 2. The van der Waals surface area contributed by atoms with Crippen LogP contribution in [0.5, 0.6) is 0 Å². The zero-order valence-electron chi connectivity index (χ0n) is 9.82. The lowest BCUT2D eigenvalue weighted by molar-refractivity contribution is 0.888. The van der Waals surface area contributed by atoms with Crippen LogP contribution in [0.15, 0.2) is 24.3 Å². The minimum atomic E-state index is 0.618. The molecular formula is C13H15ClN2S. The molecule has 0 saturated carbocycles. The lowest BCUT2D eigenvalue weighted by Gasteiger charge is -1.99. The van der Waals surface area contributed by atoms with Gasteiger partial charge >= 0.3 is 0 Å². The van der Waals surface area contributed by atoms with E-state index in [1.54, 1.807) is 11.3 Å². The van der Waals surface area contributed by atoms with Crippen LogP contribution in [-0.2, 0) is 19.3 Å². The molecule has 0 unspecified atom stereocenters. The van der Waals surface area contributed by atoms with Gasteiger partial charge in [-0.15, -0.1) is 33.1 Å². The van der Waals surface area contributed by atoms with Gasteiger partial charge < -0.3 is 0 Å². The molecule has 0 radical (unpaired) electrons. The molecule has 0 atom stereocenters. The predicted octanol–water partition coefficient (Wildman–Crippen LogP) is 3.41. The van der Waals surface area contributed by atoms with Gasteiger partial charge in [0.1, 0.15) is 10.0 Å². The second kappa shape index (κ2) is 6.12. The molecule has 0 aliphatic rings. The van der Waals surface area contributed by atoms with Crippen LogP contribution in [0.1, 0.15) is 21.1 Å². The molecule has 0 spiro atoms. The molecule has 1 aromatic heterocycles. The molecule has 17 heavy (non-hydrogen) atoms. The summed E-state index contributed by atoms with van der Waals surface area (Å²) in [4.78, 5) is 0. The highest BCUT2D eigenvalue weighted by Crippen LogP contribution is 2.14. The van der Waals surface area contributed by atoms with Crippen molar-refractivity contribution in [3.05, 3.63) is 45.4 Å². The molecule has 0 saturated heterocycles. The fraction of sp³-hybridized carbons (Fsp3) is 0.385. The highest BCUT2D eigenvalue weighted by molar-refractivity contribution is 7.11. The van der Waals surface area contributed by atoms with E-state index in [0.29, 0.717) is 5.88 Å². The number of hydrogen-bond acceptors (Lipinski definition) is 3. The van der Waals surface area contributed by atoms with Gasteiger partial charge in [-0.2, -0.15) is 0 Å².